The van der Waals surface area contributed by atoms with E-state index in [2.05, 4.69) is 57.7 Å². The van der Waals surface area contributed by atoms with Crippen molar-refractivity contribution in [2.45, 2.75) is 45.6 Å². The fraction of sp³-hybridized carbons (Fsp3) is 0.414. The van der Waals surface area contributed by atoms with Gasteiger partial charge in [-0.25, -0.2) is 4.39 Å². The van der Waals surface area contributed by atoms with Gasteiger partial charge in [-0.1, -0.05) is 43.3 Å². The molecule has 5 rings (SSSR count). The Hall–Kier alpha value is -3.26. The van der Waals surface area contributed by atoms with E-state index < -0.39 is 0 Å². The van der Waals surface area contributed by atoms with E-state index in [9.17, 15) is 4.39 Å². The number of hydrogen-bond acceptors (Lipinski definition) is 5. The molecule has 1 atom stereocenters. The van der Waals surface area contributed by atoms with Crippen LogP contribution in [0.4, 0.5) is 22.0 Å². The van der Waals surface area contributed by atoms with Crippen molar-refractivity contribution in [2.75, 3.05) is 41.3 Å². The van der Waals surface area contributed by atoms with Crippen molar-refractivity contribution in [2.24, 2.45) is 5.92 Å². The number of nitrogens with zero attached hydrogens (tertiary/aromatic N) is 4. The lowest BCUT2D eigenvalue weighted by Gasteiger charge is -2.34. The van der Waals surface area contributed by atoms with Gasteiger partial charge in [0.25, 0.3) is 0 Å². The Balaban J connectivity index is 1.26. The van der Waals surface area contributed by atoms with Gasteiger partial charge >= 0.3 is 0 Å². The van der Waals surface area contributed by atoms with Gasteiger partial charge in [0, 0.05) is 38.8 Å². The van der Waals surface area contributed by atoms with Crippen molar-refractivity contribution in [3.8, 4) is 0 Å². The third kappa shape index (κ3) is 6.74. The van der Waals surface area contributed by atoms with E-state index in [1.165, 1.54) is 36.1 Å². The summed E-state index contributed by atoms with van der Waals surface area (Å²) in [5.74, 6) is 2.85. The second-order valence-corrected chi connectivity index (χ2v) is 10.6. The van der Waals surface area contributed by atoms with Gasteiger partial charge in [-0.05, 0) is 79.1 Å². The number of nitrogens with one attached hydrogen (secondary N) is 2. The van der Waals surface area contributed by atoms with E-state index >= 15 is 0 Å². The minimum absolute atomic E-state index is 0.207. The first-order valence-corrected chi connectivity index (χ1v) is 13.7. The van der Waals surface area contributed by atoms with E-state index in [0.29, 0.717) is 23.5 Å². The number of piperidine rings is 1. The average molecular weight is 519 g/mol. The lowest BCUT2D eigenvalue weighted by molar-refractivity contribution is 0.444. The molecule has 0 bridgehead atoms. The molecule has 0 spiro atoms. The van der Waals surface area contributed by atoms with E-state index in [1.807, 2.05) is 12.1 Å². The summed E-state index contributed by atoms with van der Waals surface area (Å²) in [5.41, 5.74) is 3.89. The normalized spacial score (nSPS) is 17.3. The predicted octanol–water partition coefficient (Wildman–Crippen LogP) is 5.33. The molecule has 0 saturated carbocycles. The van der Waals surface area contributed by atoms with E-state index in [-0.39, 0.29) is 5.82 Å². The zero-order chi connectivity index (χ0) is 25.6. The van der Waals surface area contributed by atoms with Crippen LogP contribution in [0.2, 0.25) is 0 Å². The van der Waals surface area contributed by atoms with Crippen molar-refractivity contribution in [3.63, 3.8) is 0 Å². The number of aromatic nitrogens is 2. The number of thiocarbonyl (C=S) groups is 1. The summed E-state index contributed by atoms with van der Waals surface area (Å²) in [6, 6.07) is 17.4. The molecule has 8 heteroatoms. The van der Waals surface area contributed by atoms with Gasteiger partial charge in [0.05, 0.1) is 0 Å². The number of halogens is 1. The molecule has 1 fully saturated rings. The van der Waals surface area contributed by atoms with Crippen LogP contribution >= 0.6 is 12.2 Å². The molecule has 2 aliphatic heterocycles. The van der Waals surface area contributed by atoms with Crippen LogP contribution in [0.1, 0.15) is 42.9 Å². The molecule has 0 amide bonds. The Morgan fingerprint density at radius 3 is 2.57 bits per heavy atom. The lowest BCUT2D eigenvalue weighted by Crippen LogP contribution is -2.36. The van der Waals surface area contributed by atoms with Crippen molar-refractivity contribution < 1.29 is 4.39 Å². The lowest BCUT2D eigenvalue weighted by atomic mass is 10.00. The number of benzene rings is 2. The minimum Gasteiger partial charge on any atom is -0.362 e. The molecule has 0 unspecified atom stereocenters. The number of fused-ring (bicyclic) bond motifs is 1. The highest BCUT2D eigenvalue weighted by Gasteiger charge is 2.23. The van der Waals surface area contributed by atoms with Crippen molar-refractivity contribution in [1.82, 2.24) is 15.3 Å². The number of hydrogen-bond donors (Lipinski definition) is 2. The van der Waals surface area contributed by atoms with E-state index in [1.54, 1.807) is 0 Å². The average Bonchev–Trinajstić information content (AvgIpc) is 2.91. The molecule has 2 aliphatic rings. The molecule has 0 radical (unpaired) electrons. The fourth-order valence-corrected chi connectivity index (χ4v) is 5.38. The van der Waals surface area contributed by atoms with E-state index in [4.69, 9.17) is 22.2 Å². The highest BCUT2D eigenvalue weighted by Crippen LogP contribution is 2.29. The Morgan fingerprint density at radius 1 is 1.03 bits per heavy atom. The summed E-state index contributed by atoms with van der Waals surface area (Å²) < 4.78 is 13.1. The number of anilines is 3. The minimum atomic E-state index is -0.207. The van der Waals surface area contributed by atoms with Crippen molar-refractivity contribution in [1.29, 1.82) is 0 Å². The summed E-state index contributed by atoms with van der Waals surface area (Å²) in [7, 11) is 0. The maximum Gasteiger partial charge on any atom is 0.232 e. The zero-order valence-electron chi connectivity index (χ0n) is 21.4. The fourth-order valence-electron chi connectivity index (χ4n) is 5.18. The van der Waals surface area contributed by atoms with E-state index in [0.717, 1.165) is 62.6 Å². The highest BCUT2D eigenvalue weighted by atomic mass is 32.1. The molecule has 37 heavy (non-hydrogen) atoms. The molecule has 0 aliphatic carbocycles. The van der Waals surface area contributed by atoms with Crippen LogP contribution in [0, 0.1) is 11.7 Å². The van der Waals surface area contributed by atoms with Crippen LogP contribution in [0.25, 0.3) is 0 Å². The van der Waals surface area contributed by atoms with Crippen LogP contribution < -0.4 is 20.4 Å². The SMILES string of the molecule is C[C@H]1CCCN(c2cc(N3CCc4ccccc4C3)nc(NC(=S)NCCCc3ccc(F)cc3)n2)C1. The summed E-state index contributed by atoms with van der Waals surface area (Å²) in [6.45, 7) is 6.80. The molecule has 2 N–H and O–H groups in total. The smallest absolute Gasteiger partial charge is 0.232 e. The molecule has 3 heterocycles. The first-order valence-electron chi connectivity index (χ1n) is 13.3. The monoisotopic (exact) mass is 518 g/mol. The molecule has 194 valence electrons. The number of aryl methyl sites for hydroxylation is 1. The van der Waals surface area contributed by atoms with Crippen LogP contribution in [0.3, 0.4) is 0 Å². The third-order valence-corrected chi connectivity index (χ3v) is 7.45. The second-order valence-electron chi connectivity index (χ2n) is 10.2. The molecule has 1 saturated heterocycles. The third-order valence-electron chi connectivity index (χ3n) is 7.20. The summed E-state index contributed by atoms with van der Waals surface area (Å²) in [4.78, 5) is 14.5. The van der Waals surface area contributed by atoms with Gasteiger partial charge in [0.15, 0.2) is 5.11 Å². The Morgan fingerprint density at radius 2 is 1.78 bits per heavy atom. The summed E-state index contributed by atoms with van der Waals surface area (Å²) in [6.07, 6.45) is 5.18. The van der Waals surface area contributed by atoms with Crippen LogP contribution in [-0.4, -0.2) is 41.3 Å². The van der Waals surface area contributed by atoms with Crippen LogP contribution in [0.5, 0.6) is 0 Å². The standard InChI is InChI=1S/C29H35FN6S/c1-21-6-5-16-35(19-21)26-18-27(36-17-14-23-8-2-3-9-24(23)20-36)33-28(32-26)34-29(37)31-15-4-7-22-10-12-25(30)13-11-22/h2-3,8-13,18,21H,4-7,14-17,19-20H2,1H3,(H2,31,32,33,34,37)/t21-/m0/s1. The van der Waals surface area contributed by atoms with Crippen molar-refractivity contribution >= 4 is 34.9 Å². The second kappa shape index (κ2) is 11.9. The topological polar surface area (TPSA) is 56.3 Å². The number of rotatable bonds is 7. The van der Waals surface area contributed by atoms with Gasteiger partial charge in [0.2, 0.25) is 5.95 Å². The molecule has 3 aromatic rings. The van der Waals surface area contributed by atoms with Gasteiger partial charge in [-0.15, -0.1) is 0 Å². The summed E-state index contributed by atoms with van der Waals surface area (Å²) in [5, 5.41) is 7.01. The van der Waals surface area contributed by atoms with Crippen LogP contribution in [-0.2, 0) is 19.4 Å². The maximum absolute atomic E-state index is 13.1. The molecule has 6 nitrogen and oxygen atoms in total. The van der Waals surface area contributed by atoms with Crippen LogP contribution in [0.15, 0.2) is 54.6 Å². The summed E-state index contributed by atoms with van der Waals surface area (Å²) >= 11 is 5.57. The first kappa shape index (κ1) is 25.4. The van der Waals surface area contributed by atoms with Gasteiger partial charge < -0.3 is 20.4 Å². The van der Waals surface area contributed by atoms with Gasteiger partial charge in [0.1, 0.15) is 17.5 Å². The predicted molar refractivity (Wildman–Crippen MR) is 153 cm³/mol. The first-order chi connectivity index (χ1) is 18.0. The van der Waals surface area contributed by atoms with Crippen molar-refractivity contribution in [3.05, 3.63) is 77.1 Å². The quantitative estimate of drug-likeness (QED) is 0.324. The highest BCUT2D eigenvalue weighted by molar-refractivity contribution is 7.80. The Labute approximate surface area is 224 Å². The zero-order valence-corrected chi connectivity index (χ0v) is 22.2. The Bertz CT molecular complexity index is 1220. The van der Waals surface area contributed by atoms with Gasteiger partial charge in [-0.3, -0.25) is 0 Å². The molecular formula is C29H35FN6S. The molecule has 2 aromatic carbocycles. The Kier molecular flexibility index (Phi) is 8.14. The molecule has 1 aromatic heterocycles. The largest absolute Gasteiger partial charge is 0.362 e. The van der Waals surface area contributed by atoms with Gasteiger partial charge in [-0.2, -0.15) is 9.97 Å². The maximum atomic E-state index is 13.1. The molecular weight excluding hydrogens is 483 g/mol.